The maximum Gasteiger partial charge on any atom is 0.223 e. The second-order valence-corrected chi connectivity index (χ2v) is 5.70. The summed E-state index contributed by atoms with van der Waals surface area (Å²) in [6.45, 7) is 2.77. The van der Waals surface area contributed by atoms with Crippen LogP contribution in [0.25, 0.3) is 0 Å². The molecule has 0 bridgehead atoms. The molecule has 0 saturated carbocycles. The van der Waals surface area contributed by atoms with E-state index in [0.717, 1.165) is 25.4 Å². The van der Waals surface area contributed by atoms with E-state index in [1.807, 2.05) is 37.8 Å². The molecule has 1 unspecified atom stereocenters. The molecule has 1 amide bonds. The molecule has 94 valence electrons. The van der Waals surface area contributed by atoms with Gasteiger partial charge in [0, 0.05) is 50.7 Å². The molecule has 1 atom stereocenters. The first kappa shape index (κ1) is 13.8. The Balaban J connectivity index is 2.22. The molecule has 5 heteroatoms. The molecule has 1 aliphatic rings. The molecule has 1 saturated heterocycles. The van der Waals surface area contributed by atoms with Crippen molar-refractivity contribution in [3.8, 4) is 0 Å². The Morgan fingerprint density at radius 2 is 2.12 bits per heavy atom. The number of hydrogen-bond acceptors (Lipinski definition) is 4. The van der Waals surface area contributed by atoms with Gasteiger partial charge in [0.1, 0.15) is 0 Å². The average molecular weight is 245 g/mol. The number of amides is 1. The van der Waals surface area contributed by atoms with Crippen molar-refractivity contribution in [3.63, 3.8) is 0 Å². The first-order valence-electron chi connectivity index (χ1n) is 5.79. The smallest absolute Gasteiger partial charge is 0.223 e. The van der Waals surface area contributed by atoms with Gasteiger partial charge in [0.05, 0.1) is 0 Å². The minimum Gasteiger partial charge on any atom is -0.344 e. The summed E-state index contributed by atoms with van der Waals surface area (Å²) in [7, 11) is 5.94. The minimum atomic E-state index is 0.252. The zero-order valence-electron chi connectivity index (χ0n) is 10.5. The molecule has 1 fully saturated rings. The van der Waals surface area contributed by atoms with Gasteiger partial charge in [-0.25, -0.2) is 0 Å². The molecule has 0 radical (unpaired) electrons. The van der Waals surface area contributed by atoms with Crippen LogP contribution in [0.5, 0.6) is 0 Å². The number of nitrogens with zero attached hydrogens (tertiary/aromatic N) is 2. The standard InChI is InChI=1S/C11H23N3OS/c1-13(2)5-6-14(3)11(15)8-10-9-16-7-4-12-10/h10,12H,4-9H2,1-3H3. The monoisotopic (exact) mass is 245 g/mol. The number of nitrogens with one attached hydrogen (secondary N) is 1. The fourth-order valence-electron chi connectivity index (χ4n) is 1.59. The summed E-state index contributed by atoms with van der Waals surface area (Å²) in [5.74, 6) is 2.48. The van der Waals surface area contributed by atoms with Gasteiger partial charge in [-0.15, -0.1) is 0 Å². The highest BCUT2D eigenvalue weighted by molar-refractivity contribution is 7.99. The number of hydrogen-bond donors (Lipinski definition) is 1. The van der Waals surface area contributed by atoms with E-state index in [-0.39, 0.29) is 5.91 Å². The molecule has 1 heterocycles. The maximum absolute atomic E-state index is 11.9. The number of thioether (sulfide) groups is 1. The Bertz CT molecular complexity index is 217. The van der Waals surface area contributed by atoms with Gasteiger partial charge >= 0.3 is 0 Å². The van der Waals surface area contributed by atoms with Crippen molar-refractivity contribution in [3.05, 3.63) is 0 Å². The van der Waals surface area contributed by atoms with Gasteiger partial charge in [-0.05, 0) is 14.1 Å². The summed E-state index contributed by atoms with van der Waals surface area (Å²) in [6.07, 6.45) is 0.636. The second kappa shape index (κ2) is 7.14. The van der Waals surface area contributed by atoms with E-state index in [2.05, 4.69) is 10.2 Å². The largest absolute Gasteiger partial charge is 0.344 e. The molecule has 4 nitrogen and oxygen atoms in total. The molecule has 1 rings (SSSR count). The summed E-state index contributed by atoms with van der Waals surface area (Å²) in [5, 5.41) is 3.39. The van der Waals surface area contributed by atoms with E-state index in [9.17, 15) is 4.79 Å². The van der Waals surface area contributed by atoms with Gasteiger partial charge < -0.3 is 15.1 Å². The van der Waals surface area contributed by atoms with Gasteiger partial charge in [0.25, 0.3) is 0 Å². The fourth-order valence-corrected chi connectivity index (χ4v) is 2.54. The number of carbonyl (C=O) groups excluding carboxylic acids is 1. The van der Waals surface area contributed by atoms with Crippen LogP contribution in [0.1, 0.15) is 6.42 Å². The number of rotatable bonds is 5. The van der Waals surface area contributed by atoms with Crippen molar-refractivity contribution < 1.29 is 4.79 Å². The molecular weight excluding hydrogens is 222 g/mol. The van der Waals surface area contributed by atoms with Crippen LogP contribution >= 0.6 is 11.8 Å². The normalized spacial score (nSPS) is 21.1. The predicted octanol–water partition coefficient (Wildman–Crippen LogP) is 0.102. The van der Waals surface area contributed by atoms with Gasteiger partial charge in [-0.1, -0.05) is 0 Å². The van der Waals surface area contributed by atoms with Crippen molar-refractivity contribution in [1.29, 1.82) is 0 Å². The topological polar surface area (TPSA) is 35.6 Å². The van der Waals surface area contributed by atoms with Crippen LogP contribution < -0.4 is 5.32 Å². The van der Waals surface area contributed by atoms with Gasteiger partial charge in [-0.2, -0.15) is 11.8 Å². The van der Waals surface area contributed by atoms with Crippen LogP contribution in [0.4, 0.5) is 0 Å². The highest BCUT2D eigenvalue weighted by Crippen LogP contribution is 2.11. The third-order valence-electron chi connectivity index (χ3n) is 2.73. The van der Waals surface area contributed by atoms with Crippen LogP contribution in [-0.4, -0.2) is 74.0 Å². The summed E-state index contributed by atoms with van der Waals surface area (Å²) in [4.78, 5) is 15.8. The molecule has 0 spiro atoms. The van der Waals surface area contributed by atoms with E-state index in [1.165, 1.54) is 5.75 Å². The highest BCUT2D eigenvalue weighted by atomic mass is 32.2. The molecule has 16 heavy (non-hydrogen) atoms. The summed E-state index contributed by atoms with van der Waals surface area (Å²) >= 11 is 1.93. The third-order valence-corrected chi connectivity index (χ3v) is 3.86. The van der Waals surface area contributed by atoms with Gasteiger partial charge in [0.2, 0.25) is 5.91 Å². The summed E-state index contributed by atoms with van der Waals surface area (Å²) in [6, 6.07) is 0.369. The molecule has 1 N–H and O–H groups in total. The lowest BCUT2D eigenvalue weighted by Gasteiger charge is -2.26. The van der Waals surface area contributed by atoms with Crippen LogP contribution in [-0.2, 0) is 4.79 Å². The molecular formula is C11H23N3OS. The molecule has 0 aromatic heterocycles. The van der Waals surface area contributed by atoms with E-state index in [0.29, 0.717) is 12.5 Å². The van der Waals surface area contributed by atoms with Crippen LogP contribution in [0, 0.1) is 0 Å². The average Bonchev–Trinajstić information content (AvgIpc) is 2.27. The van der Waals surface area contributed by atoms with E-state index in [1.54, 1.807) is 0 Å². The van der Waals surface area contributed by atoms with E-state index in [4.69, 9.17) is 0 Å². The Labute approximate surface area is 103 Å². The van der Waals surface area contributed by atoms with Crippen LogP contribution in [0.2, 0.25) is 0 Å². The Morgan fingerprint density at radius 3 is 2.69 bits per heavy atom. The maximum atomic E-state index is 11.9. The summed E-state index contributed by atoms with van der Waals surface area (Å²) < 4.78 is 0. The van der Waals surface area contributed by atoms with E-state index < -0.39 is 0 Å². The quantitative estimate of drug-likeness (QED) is 0.745. The highest BCUT2D eigenvalue weighted by Gasteiger charge is 2.18. The molecule has 0 aromatic rings. The number of carbonyl (C=O) groups is 1. The molecule has 0 aromatic carbocycles. The zero-order chi connectivity index (χ0) is 12.0. The second-order valence-electron chi connectivity index (χ2n) is 4.55. The van der Waals surface area contributed by atoms with Crippen LogP contribution in [0.3, 0.4) is 0 Å². The Morgan fingerprint density at radius 1 is 1.38 bits per heavy atom. The van der Waals surface area contributed by atoms with Gasteiger partial charge in [0.15, 0.2) is 0 Å². The van der Waals surface area contributed by atoms with Crippen LogP contribution in [0.15, 0.2) is 0 Å². The molecule has 1 aliphatic heterocycles. The van der Waals surface area contributed by atoms with Crippen molar-refractivity contribution >= 4 is 17.7 Å². The predicted molar refractivity (Wildman–Crippen MR) is 69.9 cm³/mol. The molecule has 0 aliphatic carbocycles. The fraction of sp³-hybridized carbons (Fsp3) is 0.909. The minimum absolute atomic E-state index is 0.252. The number of likely N-dealkylation sites (N-methyl/N-ethyl adjacent to an activating group) is 2. The van der Waals surface area contributed by atoms with Crippen molar-refractivity contribution in [2.75, 3.05) is 52.3 Å². The third kappa shape index (κ3) is 5.18. The first-order chi connectivity index (χ1) is 7.59. The van der Waals surface area contributed by atoms with E-state index >= 15 is 0 Å². The Kier molecular flexibility index (Phi) is 6.16. The summed E-state index contributed by atoms with van der Waals surface area (Å²) in [5.41, 5.74) is 0. The van der Waals surface area contributed by atoms with Gasteiger partial charge in [-0.3, -0.25) is 4.79 Å². The Hall–Kier alpha value is -0.260. The SMILES string of the molecule is CN(C)CCN(C)C(=O)CC1CSCCN1. The van der Waals surface area contributed by atoms with Crippen molar-refractivity contribution in [2.24, 2.45) is 0 Å². The van der Waals surface area contributed by atoms with Crippen molar-refractivity contribution in [2.45, 2.75) is 12.5 Å². The zero-order valence-corrected chi connectivity index (χ0v) is 11.3. The lowest BCUT2D eigenvalue weighted by Crippen LogP contribution is -2.42. The lowest BCUT2D eigenvalue weighted by atomic mass is 10.2. The van der Waals surface area contributed by atoms with Crippen molar-refractivity contribution in [1.82, 2.24) is 15.1 Å². The first-order valence-corrected chi connectivity index (χ1v) is 6.95. The lowest BCUT2D eigenvalue weighted by molar-refractivity contribution is -0.130.